The average molecular weight is 260 g/mol. The fourth-order valence-electron chi connectivity index (χ4n) is 1.45. The van der Waals surface area contributed by atoms with Gasteiger partial charge in [0, 0.05) is 6.42 Å². The SMILES string of the molecule is Cc1ccc(CCC(=O)C(F)(F)F)cc1C(=O)O. The molecule has 0 heterocycles. The van der Waals surface area contributed by atoms with Gasteiger partial charge in [0.25, 0.3) is 0 Å². The molecule has 0 aromatic heterocycles. The number of hydrogen-bond acceptors (Lipinski definition) is 2. The molecule has 0 aliphatic carbocycles. The molecule has 0 radical (unpaired) electrons. The maximum atomic E-state index is 12.0. The highest BCUT2D eigenvalue weighted by Crippen LogP contribution is 2.20. The van der Waals surface area contributed by atoms with Crippen molar-refractivity contribution in [2.24, 2.45) is 0 Å². The third-order valence-corrected chi connectivity index (χ3v) is 2.49. The molecule has 1 aromatic rings. The molecule has 0 spiro atoms. The number of carbonyl (C=O) groups is 2. The fraction of sp³-hybridized carbons (Fsp3) is 0.333. The molecule has 1 rings (SSSR count). The van der Waals surface area contributed by atoms with Gasteiger partial charge in [0.05, 0.1) is 5.56 Å². The summed E-state index contributed by atoms with van der Waals surface area (Å²) in [5.41, 5.74) is 0.955. The molecule has 0 amide bonds. The van der Waals surface area contributed by atoms with Crippen molar-refractivity contribution in [1.29, 1.82) is 0 Å². The van der Waals surface area contributed by atoms with Gasteiger partial charge in [0.1, 0.15) is 0 Å². The third-order valence-electron chi connectivity index (χ3n) is 2.49. The van der Waals surface area contributed by atoms with E-state index in [0.717, 1.165) is 0 Å². The van der Waals surface area contributed by atoms with E-state index in [1.165, 1.54) is 18.2 Å². The normalized spacial score (nSPS) is 11.3. The standard InChI is InChI=1S/C12H11F3O3/c1-7-2-3-8(6-9(7)11(17)18)4-5-10(16)12(13,14)15/h2-3,6H,4-5H2,1H3,(H,17,18). The van der Waals surface area contributed by atoms with Crippen LogP contribution in [0.15, 0.2) is 18.2 Å². The predicted octanol–water partition coefficient (Wildman–Crippen LogP) is 2.76. The van der Waals surface area contributed by atoms with Gasteiger partial charge in [-0.1, -0.05) is 12.1 Å². The Kier molecular flexibility index (Phi) is 4.11. The fourth-order valence-corrected chi connectivity index (χ4v) is 1.45. The minimum atomic E-state index is -4.83. The van der Waals surface area contributed by atoms with E-state index >= 15 is 0 Å². The van der Waals surface area contributed by atoms with Gasteiger partial charge >= 0.3 is 12.1 Å². The molecule has 1 aromatic carbocycles. The van der Waals surface area contributed by atoms with E-state index in [-0.39, 0.29) is 12.0 Å². The second-order valence-electron chi connectivity index (χ2n) is 3.88. The minimum Gasteiger partial charge on any atom is -0.478 e. The highest BCUT2D eigenvalue weighted by molar-refractivity contribution is 5.89. The van der Waals surface area contributed by atoms with Crippen molar-refractivity contribution in [1.82, 2.24) is 0 Å². The molecule has 0 aliphatic heterocycles. The Bertz CT molecular complexity index is 478. The summed E-state index contributed by atoms with van der Waals surface area (Å²) >= 11 is 0. The van der Waals surface area contributed by atoms with Crippen molar-refractivity contribution in [3.8, 4) is 0 Å². The molecule has 6 heteroatoms. The smallest absolute Gasteiger partial charge is 0.449 e. The summed E-state index contributed by atoms with van der Waals surface area (Å²) in [7, 11) is 0. The van der Waals surface area contributed by atoms with E-state index in [0.29, 0.717) is 11.1 Å². The van der Waals surface area contributed by atoms with Crippen molar-refractivity contribution in [3.05, 3.63) is 34.9 Å². The van der Waals surface area contributed by atoms with Crippen LogP contribution in [0.3, 0.4) is 0 Å². The highest BCUT2D eigenvalue weighted by atomic mass is 19.4. The molecule has 3 nitrogen and oxygen atoms in total. The first-order valence-electron chi connectivity index (χ1n) is 5.14. The van der Waals surface area contributed by atoms with Gasteiger partial charge < -0.3 is 5.11 Å². The van der Waals surface area contributed by atoms with Crippen molar-refractivity contribution < 1.29 is 27.9 Å². The van der Waals surface area contributed by atoms with Gasteiger partial charge in [-0.05, 0) is 30.5 Å². The molecule has 0 saturated carbocycles. The Balaban J connectivity index is 2.78. The monoisotopic (exact) mass is 260 g/mol. The number of carboxylic acid groups (broad SMARTS) is 1. The summed E-state index contributed by atoms with van der Waals surface area (Å²) in [4.78, 5) is 21.5. The lowest BCUT2D eigenvalue weighted by Gasteiger charge is -2.07. The summed E-state index contributed by atoms with van der Waals surface area (Å²) in [6.45, 7) is 1.59. The van der Waals surface area contributed by atoms with E-state index in [1.54, 1.807) is 6.92 Å². The number of carbonyl (C=O) groups excluding carboxylic acids is 1. The lowest BCUT2D eigenvalue weighted by Crippen LogP contribution is -2.22. The number of ketones is 1. The number of halogens is 3. The van der Waals surface area contributed by atoms with E-state index in [1.807, 2.05) is 0 Å². The maximum absolute atomic E-state index is 12.0. The number of Topliss-reactive ketones (excluding diaryl/α,β-unsaturated/α-hetero) is 1. The summed E-state index contributed by atoms with van der Waals surface area (Å²) in [5, 5.41) is 8.85. The summed E-state index contributed by atoms with van der Waals surface area (Å²) in [5.74, 6) is -2.95. The van der Waals surface area contributed by atoms with Crippen molar-refractivity contribution in [3.63, 3.8) is 0 Å². The van der Waals surface area contributed by atoms with Crippen LogP contribution in [0.1, 0.15) is 27.9 Å². The van der Waals surface area contributed by atoms with Crippen LogP contribution >= 0.6 is 0 Å². The van der Waals surface area contributed by atoms with Crippen LogP contribution in [0.2, 0.25) is 0 Å². The Morgan fingerprint density at radius 3 is 2.39 bits per heavy atom. The zero-order valence-electron chi connectivity index (χ0n) is 9.54. The Morgan fingerprint density at radius 2 is 1.89 bits per heavy atom. The number of aromatic carboxylic acids is 1. The summed E-state index contributed by atoms with van der Waals surface area (Å²) < 4.78 is 35.9. The first-order chi connectivity index (χ1) is 8.21. The highest BCUT2D eigenvalue weighted by Gasteiger charge is 2.37. The van der Waals surface area contributed by atoms with E-state index < -0.39 is 24.3 Å². The zero-order chi connectivity index (χ0) is 13.9. The molecule has 98 valence electrons. The Hall–Kier alpha value is -1.85. The lowest BCUT2D eigenvalue weighted by atomic mass is 10.0. The quantitative estimate of drug-likeness (QED) is 0.905. The molecular weight excluding hydrogens is 249 g/mol. The summed E-state index contributed by atoms with van der Waals surface area (Å²) in [6.07, 6.45) is -5.63. The van der Waals surface area contributed by atoms with E-state index in [9.17, 15) is 22.8 Å². The van der Waals surface area contributed by atoms with Crippen molar-refractivity contribution in [2.75, 3.05) is 0 Å². The van der Waals surface area contributed by atoms with Gasteiger partial charge in [0.15, 0.2) is 0 Å². The van der Waals surface area contributed by atoms with Crippen LogP contribution in [0, 0.1) is 6.92 Å². The predicted molar refractivity (Wildman–Crippen MR) is 57.5 cm³/mol. The second kappa shape index (κ2) is 5.20. The first-order valence-corrected chi connectivity index (χ1v) is 5.14. The average Bonchev–Trinajstić information content (AvgIpc) is 2.25. The first kappa shape index (κ1) is 14.2. The topological polar surface area (TPSA) is 54.4 Å². The number of benzene rings is 1. The molecule has 0 aliphatic rings. The van der Waals surface area contributed by atoms with Crippen molar-refractivity contribution in [2.45, 2.75) is 25.9 Å². The molecule has 0 atom stereocenters. The number of aryl methyl sites for hydroxylation is 2. The van der Waals surface area contributed by atoms with E-state index in [2.05, 4.69) is 0 Å². The minimum absolute atomic E-state index is 0.0342. The number of alkyl halides is 3. The van der Waals surface area contributed by atoms with Crippen LogP contribution < -0.4 is 0 Å². The molecule has 0 bridgehead atoms. The van der Waals surface area contributed by atoms with Crippen LogP contribution in [0.25, 0.3) is 0 Å². The Morgan fingerprint density at radius 1 is 1.28 bits per heavy atom. The summed E-state index contributed by atoms with van der Waals surface area (Å²) in [6, 6.07) is 4.32. The van der Waals surface area contributed by atoms with Gasteiger partial charge in [0.2, 0.25) is 5.78 Å². The van der Waals surface area contributed by atoms with Crippen LogP contribution in [-0.2, 0) is 11.2 Å². The van der Waals surface area contributed by atoms with Gasteiger partial charge in [-0.15, -0.1) is 0 Å². The number of hydrogen-bond donors (Lipinski definition) is 1. The molecule has 18 heavy (non-hydrogen) atoms. The van der Waals surface area contributed by atoms with Crippen molar-refractivity contribution >= 4 is 11.8 Å². The molecule has 0 fully saturated rings. The van der Waals surface area contributed by atoms with Crippen LogP contribution in [0.5, 0.6) is 0 Å². The van der Waals surface area contributed by atoms with Crippen LogP contribution in [0.4, 0.5) is 13.2 Å². The van der Waals surface area contributed by atoms with Gasteiger partial charge in [-0.2, -0.15) is 13.2 Å². The number of rotatable bonds is 4. The third kappa shape index (κ3) is 3.58. The lowest BCUT2D eigenvalue weighted by molar-refractivity contribution is -0.171. The molecule has 0 unspecified atom stereocenters. The largest absolute Gasteiger partial charge is 0.478 e. The Labute approximate surface area is 101 Å². The molecule has 0 saturated heterocycles. The number of carboxylic acids is 1. The zero-order valence-corrected chi connectivity index (χ0v) is 9.54. The maximum Gasteiger partial charge on any atom is 0.449 e. The van der Waals surface area contributed by atoms with E-state index in [4.69, 9.17) is 5.11 Å². The molecule has 1 N–H and O–H groups in total. The van der Waals surface area contributed by atoms with Gasteiger partial charge in [-0.3, -0.25) is 4.79 Å². The second-order valence-corrected chi connectivity index (χ2v) is 3.88. The molecular formula is C12H11F3O3. The van der Waals surface area contributed by atoms with Crippen LogP contribution in [-0.4, -0.2) is 23.0 Å². The van der Waals surface area contributed by atoms with Gasteiger partial charge in [-0.25, -0.2) is 4.79 Å².